The zero-order chi connectivity index (χ0) is 14.9. The Kier molecular flexibility index (Phi) is 4.32. The van der Waals surface area contributed by atoms with E-state index in [1.54, 1.807) is 6.92 Å². The van der Waals surface area contributed by atoms with Crippen molar-refractivity contribution in [1.29, 1.82) is 5.26 Å². The summed E-state index contributed by atoms with van der Waals surface area (Å²) in [6.07, 6.45) is 1.23. The van der Waals surface area contributed by atoms with Crippen LogP contribution in [-0.4, -0.2) is 15.9 Å². The summed E-state index contributed by atoms with van der Waals surface area (Å²) in [6, 6.07) is 1.95. The van der Waals surface area contributed by atoms with Gasteiger partial charge in [-0.2, -0.15) is 5.26 Å². The topological polar surface area (TPSA) is 78.7 Å². The molecule has 9 heteroatoms. The van der Waals surface area contributed by atoms with Crippen molar-refractivity contribution in [3.05, 3.63) is 37.8 Å². The van der Waals surface area contributed by atoms with E-state index in [1.165, 1.54) is 6.20 Å². The van der Waals surface area contributed by atoms with Gasteiger partial charge in [-0.1, -0.05) is 22.9 Å². The second-order valence-electron chi connectivity index (χ2n) is 3.59. The Morgan fingerprint density at radius 3 is 2.95 bits per heavy atom. The quantitative estimate of drug-likeness (QED) is 0.815. The van der Waals surface area contributed by atoms with E-state index in [0.717, 1.165) is 11.3 Å². The predicted octanol–water partition coefficient (Wildman–Crippen LogP) is 3.53. The highest BCUT2D eigenvalue weighted by molar-refractivity contribution is 9.10. The number of aromatic nitrogens is 2. The minimum absolute atomic E-state index is 0.172. The number of hydrogen-bond donors (Lipinski definition) is 1. The van der Waals surface area contributed by atoms with E-state index >= 15 is 0 Å². The Morgan fingerprint density at radius 2 is 2.35 bits per heavy atom. The van der Waals surface area contributed by atoms with Crippen LogP contribution in [0, 0.1) is 24.1 Å². The van der Waals surface area contributed by atoms with Crippen molar-refractivity contribution in [2.45, 2.75) is 6.92 Å². The van der Waals surface area contributed by atoms with Crippen LogP contribution in [-0.2, 0) is 0 Å². The summed E-state index contributed by atoms with van der Waals surface area (Å²) >= 11 is 9.59. The summed E-state index contributed by atoms with van der Waals surface area (Å²) in [5.41, 5.74) is 0.233. The number of aryl methyl sites for hydroxylation is 1. The first-order valence-corrected chi connectivity index (χ1v) is 7.11. The van der Waals surface area contributed by atoms with Crippen LogP contribution in [0.25, 0.3) is 0 Å². The summed E-state index contributed by atoms with van der Waals surface area (Å²) < 4.78 is 14.0. The average Bonchev–Trinajstić information content (AvgIpc) is 2.74. The minimum Gasteiger partial charge on any atom is -0.298 e. The summed E-state index contributed by atoms with van der Waals surface area (Å²) in [6.45, 7) is 1.64. The molecule has 0 saturated heterocycles. The van der Waals surface area contributed by atoms with Crippen LogP contribution in [0.4, 0.5) is 9.52 Å². The fourth-order valence-corrected chi connectivity index (χ4v) is 2.72. The third-order valence-corrected chi connectivity index (χ3v) is 4.12. The molecular formula is C11H5BrClFN4OS. The number of anilines is 1. The number of pyridine rings is 1. The van der Waals surface area contributed by atoms with Crippen molar-refractivity contribution in [2.24, 2.45) is 0 Å². The summed E-state index contributed by atoms with van der Waals surface area (Å²) in [5.74, 6) is -1.65. The molecule has 0 fully saturated rings. The molecule has 2 rings (SSSR count). The summed E-state index contributed by atoms with van der Waals surface area (Å²) in [4.78, 5) is 20.0. The van der Waals surface area contributed by atoms with Crippen molar-refractivity contribution in [2.75, 3.05) is 5.32 Å². The molecule has 5 nitrogen and oxygen atoms in total. The van der Waals surface area contributed by atoms with Crippen molar-refractivity contribution < 1.29 is 9.18 Å². The highest BCUT2D eigenvalue weighted by Gasteiger charge is 2.21. The van der Waals surface area contributed by atoms with Gasteiger partial charge in [-0.05, 0) is 22.9 Å². The number of nitrogens with one attached hydrogen (secondary N) is 1. The molecule has 0 aliphatic heterocycles. The van der Waals surface area contributed by atoms with E-state index in [-0.39, 0.29) is 15.2 Å². The number of nitriles is 1. The second kappa shape index (κ2) is 5.83. The number of carbonyl (C=O) groups is 1. The van der Waals surface area contributed by atoms with Gasteiger partial charge in [0.05, 0.1) is 15.7 Å². The first-order valence-electron chi connectivity index (χ1n) is 5.12. The zero-order valence-electron chi connectivity index (χ0n) is 9.87. The Bertz CT molecular complexity index is 743. The monoisotopic (exact) mass is 374 g/mol. The van der Waals surface area contributed by atoms with Gasteiger partial charge in [-0.15, -0.1) is 0 Å². The third kappa shape index (κ3) is 2.80. The van der Waals surface area contributed by atoms with Crippen LogP contribution in [0.2, 0.25) is 5.15 Å². The molecule has 0 bridgehead atoms. The van der Waals surface area contributed by atoms with E-state index < -0.39 is 16.9 Å². The Morgan fingerprint density at radius 1 is 1.65 bits per heavy atom. The van der Waals surface area contributed by atoms with Gasteiger partial charge < -0.3 is 0 Å². The lowest BCUT2D eigenvalue weighted by atomic mass is 10.2. The van der Waals surface area contributed by atoms with Gasteiger partial charge in [0.15, 0.2) is 16.1 Å². The summed E-state index contributed by atoms with van der Waals surface area (Å²) in [7, 11) is 0. The number of hydrogen-bond acceptors (Lipinski definition) is 5. The Labute approximate surface area is 130 Å². The van der Waals surface area contributed by atoms with E-state index in [9.17, 15) is 9.18 Å². The number of nitrogens with zero attached hydrogens (tertiary/aromatic N) is 3. The minimum atomic E-state index is -0.924. The highest BCUT2D eigenvalue weighted by atomic mass is 79.9. The van der Waals surface area contributed by atoms with E-state index in [4.69, 9.17) is 16.9 Å². The fourth-order valence-electron chi connectivity index (χ4n) is 1.36. The lowest BCUT2D eigenvalue weighted by Crippen LogP contribution is -2.15. The number of thiazole rings is 1. The molecule has 0 spiro atoms. The van der Waals surface area contributed by atoms with Crippen LogP contribution in [0.3, 0.4) is 0 Å². The van der Waals surface area contributed by atoms with E-state index in [0.29, 0.717) is 10.6 Å². The van der Waals surface area contributed by atoms with Crippen LogP contribution < -0.4 is 5.32 Å². The van der Waals surface area contributed by atoms with E-state index in [2.05, 4.69) is 31.2 Å². The zero-order valence-corrected chi connectivity index (χ0v) is 13.0. The van der Waals surface area contributed by atoms with Gasteiger partial charge in [0, 0.05) is 6.20 Å². The number of amides is 1. The predicted molar refractivity (Wildman–Crippen MR) is 76.4 cm³/mol. The smallest absolute Gasteiger partial charge is 0.261 e. The number of carbonyl (C=O) groups excluding carboxylic acids is 1. The van der Waals surface area contributed by atoms with Gasteiger partial charge in [0.1, 0.15) is 10.9 Å². The molecule has 1 amide bonds. The lowest BCUT2D eigenvalue weighted by molar-refractivity contribution is 0.102. The Balaban J connectivity index is 2.33. The van der Waals surface area contributed by atoms with E-state index in [1.807, 2.05) is 6.07 Å². The average molecular weight is 376 g/mol. The molecular weight excluding hydrogens is 371 g/mol. The first-order chi connectivity index (χ1) is 9.43. The molecule has 0 atom stereocenters. The molecule has 2 aromatic rings. The highest BCUT2D eigenvalue weighted by Crippen LogP contribution is 2.26. The van der Waals surface area contributed by atoms with Gasteiger partial charge in [0.25, 0.3) is 5.91 Å². The molecule has 0 aliphatic rings. The lowest BCUT2D eigenvalue weighted by Gasteiger charge is -2.06. The molecule has 0 saturated carbocycles. The van der Waals surface area contributed by atoms with Crippen molar-refractivity contribution in [3.63, 3.8) is 0 Å². The Hall–Kier alpha value is -1.56. The number of rotatable bonds is 2. The maximum absolute atomic E-state index is 13.8. The van der Waals surface area contributed by atoms with Gasteiger partial charge in [0.2, 0.25) is 0 Å². The molecule has 2 aromatic heterocycles. The largest absolute Gasteiger partial charge is 0.298 e. The van der Waals surface area contributed by atoms with Gasteiger partial charge in [-0.25, -0.2) is 14.4 Å². The van der Waals surface area contributed by atoms with Crippen LogP contribution in [0.15, 0.2) is 10.7 Å². The van der Waals surface area contributed by atoms with Crippen molar-refractivity contribution in [1.82, 2.24) is 9.97 Å². The van der Waals surface area contributed by atoms with Crippen LogP contribution in [0.5, 0.6) is 0 Å². The molecule has 0 unspecified atom stereocenters. The van der Waals surface area contributed by atoms with Crippen LogP contribution >= 0.6 is 38.9 Å². The molecule has 0 aliphatic carbocycles. The second-order valence-corrected chi connectivity index (χ2v) is 5.80. The molecule has 2 heterocycles. The maximum Gasteiger partial charge on any atom is 0.261 e. The van der Waals surface area contributed by atoms with Gasteiger partial charge in [-0.3, -0.25) is 10.1 Å². The van der Waals surface area contributed by atoms with Gasteiger partial charge >= 0.3 is 0 Å². The molecule has 0 aromatic carbocycles. The van der Waals surface area contributed by atoms with Crippen molar-refractivity contribution in [3.8, 4) is 6.07 Å². The van der Waals surface area contributed by atoms with Crippen molar-refractivity contribution >= 4 is 49.9 Å². The molecule has 102 valence electrons. The molecule has 0 radical (unpaired) electrons. The standard InChI is InChI=1S/C11H5BrClFN4OS/c1-4-6(2-15)20-11(17-4)18-10(19)7-5(12)3-16-9(13)8(7)14/h3H,1H3,(H,17,18,19). The third-order valence-electron chi connectivity index (χ3n) is 2.28. The summed E-state index contributed by atoms with van der Waals surface area (Å²) in [5, 5.41) is 11.1. The SMILES string of the molecule is Cc1nc(NC(=O)c2c(Br)cnc(Cl)c2F)sc1C#N. The molecule has 20 heavy (non-hydrogen) atoms. The maximum atomic E-state index is 13.8. The first kappa shape index (κ1) is 14.8. The fraction of sp³-hybridized carbons (Fsp3) is 0.0909. The number of halogens is 3. The van der Waals surface area contributed by atoms with Crippen LogP contribution in [0.1, 0.15) is 20.9 Å². The molecule has 1 N–H and O–H groups in total. The normalized spacial score (nSPS) is 10.2.